The summed E-state index contributed by atoms with van der Waals surface area (Å²) in [6, 6.07) is 19.0. The highest BCUT2D eigenvalue weighted by Crippen LogP contribution is 2.31. The topological polar surface area (TPSA) is 96.0 Å². The molecule has 2 atom stereocenters. The fraction of sp³-hybridized carbons (Fsp3) is 0.333. The summed E-state index contributed by atoms with van der Waals surface area (Å²) in [6.07, 6.45) is 0.722. The van der Waals surface area contributed by atoms with Gasteiger partial charge in [-0.1, -0.05) is 60.5 Å². The normalized spacial score (nSPS) is 12.8. The van der Waals surface area contributed by atoms with Crippen molar-refractivity contribution < 1.29 is 22.7 Å². The number of halogens is 1. The predicted octanol–water partition coefficient (Wildman–Crippen LogP) is 5.18. The number of carbonyl (C=O) groups excluding carboxylic acids is 2. The molecule has 0 bridgehead atoms. The van der Waals surface area contributed by atoms with E-state index in [1.54, 1.807) is 74.7 Å². The van der Waals surface area contributed by atoms with Crippen molar-refractivity contribution in [2.24, 2.45) is 0 Å². The average molecular weight is 586 g/mol. The van der Waals surface area contributed by atoms with Crippen LogP contribution < -0.4 is 14.4 Å². The van der Waals surface area contributed by atoms with Gasteiger partial charge < -0.3 is 15.0 Å². The van der Waals surface area contributed by atoms with Crippen molar-refractivity contribution in [1.29, 1.82) is 0 Å². The number of methoxy groups -OCH3 is 1. The first-order chi connectivity index (χ1) is 19.0. The highest BCUT2D eigenvalue weighted by atomic mass is 35.5. The lowest BCUT2D eigenvalue weighted by Gasteiger charge is -2.32. The zero-order chi connectivity index (χ0) is 29.4. The Morgan fingerprint density at radius 3 is 2.17 bits per heavy atom. The summed E-state index contributed by atoms with van der Waals surface area (Å²) in [6.45, 7) is 6.85. The Kier molecular flexibility index (Phi) is 10.6. The number of para-hydroxylation sites is 1. The molecule has 10 heteroatoms. The summed E-state index contributed by atoms with van der Waals surface area (Å²) >= 11 is 6.44. The molecule has 0 aliphatic heterocycles. The second-order valence-electron chi connectivity index (χ2n) is 9.64. The molecule has 3 rings (SSSR count). The van der Waals surface area contributed by atoms with Gasteiger partial charge in [0, 0.05) is 12.6 Å². The Balaban J connectivity index is 2.03. The van der Waals surface area contributed by atoms with Crippen LogP contribution in [0.1, 0.15) is 38.3 Å². The van der Waals surface area contributed by atoms with Crippen molar-refractivity contribution >= 4 is 39.1 Å². The van der Waals surface area contributed by atoms with Gasteiger partial charge in [-0.3, -0.25) is 13.9 Å². The molecule has 8 nitrogen and oxygen atoms in total. The van der Waals surface area contributed by atoms with Crippen LogP contribution in [0.15, 0.2) is 77.7 Å². The van der Waals surface area contributed by atoms with Crippen molar-refractivity contribution in [3.63, 3.8) is 0 Å². The van der Waals surface area contributed by atoms with E-state index in [0.717, 1.165) is 21.9 Å². The molecule has 0 radical (unpaired) electrons. The summed E-state index contributed by atoms with van der Waals surface area (Å²) in [5, 5.41) is 3.09. The van der Waals surface area contributed by atoms with E-state index in [9.17, 15) is 18.0 Å². The number of hydrogen-bond donors (Lipinski definition) is 1. The maximum absolute atomic E-state index is 14.0. The third kappa shape index (κ3) is 7.55. The summed E-state index contributed by atoms with van der Waals surface area (Å²) in [4.78, 5) is 28.5. The minimum absolute atomic E-state index is 0.0232. The van der Waals surface area contributed by atoms with E-state index < -0.39 is 28.5 Å². The number of sulfonamides is 1. The average Bonchev–Trinajstić information content (AvgIpc) is 2.95. The molecule has 3 aromatic carbocycles. The summed E-state index contributed by atoms with van der Waals surface area (Å²) in [5.41, 5.74) is 1.81. The lowest BCUT2D eigenvalue weighted by molar-refractivity contribution is -0.139. The molecule has 40 heavy (non-hydrogen) atoms. The van der Waals surface area contributed by atoms with Crippen molar-refractivity contribution in [2.75, 3.05) is 18.0 Å². The molecular formula is C30H36ClN3O5S. The van der Waals surface area contributed by atoms with Crippen LogP contribution in [-0.2, 0) is 26.2 Å². The largest absolute Gasteiger partial charge is 0.497 e. The van der Waals surface area contributed by atoms with Crippen LogP contribution in [0.5, 0.6) is 5.75 Å². The van der Waals surface area contributed by atoms with Gasteiger partial charge >= 0.3 is 0 Å². The van der Waals surface area contributed by atoms with Crippen molar-refractivity contribution in [2.45, 2.75) is 57.6 Å². The minimum Gasteiger partial charge on any atom is -0.497 e. The highest BCUT2D eigenvalue weighted by Gasteiger charge is 2.33. The first-order valence-electron chi connectivity index (χ1n) is 13.0. The molecule has 0 aliphatic carbocycles. The number of rotatable bonds is 12. The van der Waals surface area contributed by atoms with E-state index in [1.165, 1.54) is 17.0 Å². The lowest BCUT2D eigenvalue weighted by Crippen LogP contribution is -2.52. The number of aryl methyl sites for hydroxylation is 1. The highest BCUT2D eigenvalue weighted by molar-refractivity contribution is 7.92. The van der Waals surface area contributed by atoms with Crippen LogP contribution in [0.4, 0.5) is 5.69 Å². The molecule has 0 fully saturated rings. The number of hydrogen-bond acceptors (Lipinski definition) is 5. The number of ether oxygens (including phenoxy) is 1. The molecule has 214 valence electrons. The predicted molar refractivity (Wildman–Crippen MR) is 158 cm³/mol. The summed E-state index contributed by atoms with van der Waals surface area (Å²) in [5.74, 6) is -0.238. The smallest absolute Gasteiger partial charge is 0.264 e. The number of amides is 2. The number of benzene rings is 3. The SMILES string of the molecule is CCC(C)NC(=O)C(C)N(Cc1ccc(OC)cc1)C(=O)CN(c1ccccc1Cl)S(=O)(=O)c1ccc(C)cc1. The van der Waals surface area contributed by atoms with Gasteiger partial charge in [-0.25, -0.2) is 8.42 Å². The van der Waals surface area contributed by atoms with Crippen molar-refractivity contribution in [3.05, 3.63) is 88.9 Å². The van der Waals surface area contributed by atoms with E-state index in [0.29, 0.717) is 5.75 Å². The molecule has 1 N–H and O–H groups in total. The lowest BCUT2D eigenvalue weighted by atomic mass is 10.1. The fourth-order valence-corrected chi connectivity index (χ4v) is 5.70. The standard InChI is InChI=1S/C30H36ClN3O5S/c1-6-22(3)32-30(36)23(4)33(19-24-13-15-25(39-5)16-14-24)29(35)20-34(28-10-8-7-9-27(28)31)40(37,38)26-17-11-21(2)12-18-26/h7-18,22-23H,6,19-20H2,1-5H3,(H,32,36). The van der Waals surface area contributed by atoms with Crippen molar-refractivity contribution in [1.82, 2.24) is 10.2 Å². The van der Waals surface area contributed by atoms with Gasteiger partial charge in [0.2, 0.25) is 11.8 Å². The Morgan fingerprint density at radius 1 is 0.975 bits per heavy atom. The number of nitrogens with one attached hydrogen (secondary N) is 1. The Hall–Kier alpha value is -3.56. The second-order valence-corrected chi connectivity index (χ2v) is 11.9. The molecule has 0 spiro atoms. The minimum atomic E-state index is -4.19. The molecule has 0 heterocycles. The van der Waals surface area contributed by atoms with E-state index in [-0.39, 0.29) is 34.1 Å². The molecule has 2 unspecified atom stereocenters. The molecule has 0 aliphatic rings. The molecule has 0 saturated heterocycles. The van der Waals surface area contributed by atoms with E-state index in [2.05, 4.69) is 5.32 Å². The Morgan fingerprint density at radius 2 is 1.60 bits per heavy atom. The molecule has 3 aromatic rings. The van der Waals surface area contributed by atoms with E-state index >= 15 is 0 Å². The van der Waals surface area contributed by atoms with Crippen LogP contribution in [-0.4, -0.2) is 50.9 Å². The summed E-state index contributed by atoms with van der Waals surface area (Å²) in [7, 11) is -2.63. The maximum atomic E-state index is 14.0. The van der Waals surface area contributed by atoms with Gasteiger partial charge in [-0.2, -0.15) is 0 Å². The summed E-state index contributed by atoms with van der Waals surface area (Å²) < 4.78 is 34.0. The quantitative estimate of drug-likeness (QED) is 0.316. The Labute approximate surface area is 241 Å². The molecule has 0 aromatic heterocycles. The van der Waals surface area contributed by atoms with Gasteiger partial charge in [-0.15, -0.1) is 0 Å². The van der Waals surface area contributed by atoms with Crippen LogP contribution in [0.3, 0.4) is 0 Å². The molecule has 0 saturated carbocycles. The third-order valence-electron chi connectivity index (χ3n) is 6.69. The van der Waals surface area contributed by atoms with E-state index in [1.807, 2.05) is 20.8 Å². The second kappa shape index (κ2) is 13.7. The van der Waals surface area contributed by atoms with Gasteiger partial charge in [0.05, 0.1) is 22.7 Å². The number of carbonyl (C=O) groups is 2. The number of anilines is 1. The van der Waals surface area contributed by atoms with Gasteiger partial charge in [0.1, 0.15) is 18.3 Å². The zero-order valence-electron chi connectivity index (χ0n) is 23.4. The van der Waals surface area contributed by atoms with Gasteiger partial charge in [-0.05, 0) is 69.2 Å². The molecule has 2 amide bonds. The van der Waals surface area contributed by atoms with Gasteiger partial charge in [0.15, 0.2) is 0 Å². The molecular weight excluding hydrogens is 550 g/mol. The van der Waals surface area contributed by atoms with Crippen LogP contribution >= 0.6 is 11.6 Å². The monoisotopic (exact) mass is 585 g/mol. The maximum Gasteiger partial charge on any atom is 0.264 e. The van der Waals surface area contributed by atoms with Crippen LogP contribution in [0.25, 0.3) is 0 Å². The number of nitrogens with zero attached hydrogens (tertiary/aromatic N) is 2. The van der Waals surface area contributed by atoms with Crippen LogP contribution in [0, 0.1) is 6.92 Å². The van der Waals surface area contributed by atoms with E-state index in [4.69, 9.17) is 16.3 Å². The Bertz CT molecular complexity index is 1410. The van der Waals surface area contributed by atoms with Crippen molar-refractivity contribution in [3.8, 4) is 5.75 Å². The first-order valence-corrected chi connectivity index (χ1v) is 14.9. The first kappa shape index (κ1) is 31.0. The van der Waals surface area contributed by atoms with Crippen LogP contribution in [0.2, 0.25) is 5.02 Å². The van der Waals surface area contributed by atoms with Gasteiger partial charge in [0.25, 0.3) is 10.0 Å². The third-order valence-corrected chi connectivity index (χ3v) is 8.78. The zero-order valence-corrected chi connectivity index (χ0v) is 25.0. The fourth-order valence-electron chi connectivity index (χ4n) is 3.98.